The monoisotopic (exact) mass is 322 g/mol. The van der Waals surface area contributed by atoms with Crippen molar-refractivity contribution in [2.75, 3.05) is 11.1 Å². The zero-order valence-electron chi connectivity index (χ0n) is 11.6. The molecule has 1 N–H and O–H groups in total. The zero-order chi connectivity index (χ0) is 15.0. The Labute approximate surface area is 129 Å². The van der Waals surface area contributed by atoms with Crippen molar-refractivity contribution in [1.82, 2.24) is 14.5 Å². The van der Waals surface area contributed by atoms with E-state index < -0.39 is 0 Å². The summed E-state index contributed by atoms with van der Waals surface area (Å²) in [5.41, 5.74) is 1.35. The van der Waals surface area contributed by atoms with Crippen molar-refractivity contribution < 1.29 is 4.79 Å². The number of carbonyl (C=O) groups excluding carboxylic acids is 1. The van der Waals surface area contributed by atoms with Gasteiger partial charge in [0.1, 0.15) is 0 Å². The first-order chi connectivity index (χ1) is 10.1. The van der Waals surface area contributed by atoms with Crippen LogP contribution in [0.1, 0.15) is 23.7 Å². The molecule has 8 heteroatoms. The Kier molecular flexibility index (Phi) is 3.81. The van der Waals surface area contributed by atoms with Crippen molar-refractivity contribution in [1.29, 1.82) is 0 Å². The second-order valence-electron chi connectivity index (χ2n) is 4.83. The number of thiazole rings is 1. The Morgan fingerprint density at radius 2 is 2.33 bits per heavy atom. The molecule has 1 atom stereocenters. The summed E-state index contributed by atoms with van der Waals surface area (Å²) >= 11 is 2.89. The van der Waals surface area contributed by atoms with Gasteiger partial charge in [0, 0.05) is 35.0 Å². The summed E-state index contributed by atoms with van der Waals surface area (Å²) in [5.74, 6) is 0.560. The summed E-state index contributed by atoms with van der Waals surface area (Å²) in [5, 5.41) is 5.83. The van der Waals surface area contributed by atoms with Gasteiger partial charge in [0.2, 0.25) is 5.91 Å². The Morgan fingerprint density at radius 1 is 1.52 bits per heavy atom. The number of hydrogen-bond acceptors (Lipinski definition) is 6. The molecule has 1 amide bonds. The molecule has 1 aliphatic heterocycles. The molecule has 0 radical (unpaired) electrons. The lowest BCUT2D eigenvalue weighted by Gasteiger charge is -2.13. The number of hydrogen-bond donors (Lipinski definition) is 1. The topological polar surface area (TPSA) is 76.9 Å². The van der Waals surface area contributed by atoms with Crippen molar-refractivity contribution >= 4 is 34.1 Å². The molecule has 21 heavy (non-hydrogen) atoms. The van der Waals surface area contributed by atoms with Crippen LogP contribution in [-0.4, -0.2) is 26.2 Å². The summed E-state index contributed by atoms with van der Waals surface area (Å²) in [6, 6.07) is -0.149. The average Bonchev–Trinajstić information content (AvgIpc) is 3.06. The molecule has 0 aromatic carbocycles. The molecule has 0 saturated heterocycles. The molecule has 3 rings (SSSR count). The highest BCUT2D eigenvalue weighted by atomic mass is 32.2. The van der Waals surface area contributed by atoms with Crippen LogP contribution in [-0.2, 0) is 4.79 Å². The molecule has 0 spiro atoms. The second kappa shape index (κ2) is 5.61. The number of fused-ring (bicyclic) bond motifs is 1. The number of thioether (sulfide) groups is 1. The summed E-state index contributed by atoms with van der Waals surface area (Å²) in [4.78, 5) is 32.9. The smallest absolute Gasteiger partial charge is 0.257 e. The van der Waals surface area contributed by atoms with Crippen molar-refractivity contribution in [2.45, 2.75) is 31.5 Å². The highest BCUT2D eigenvalue weighted by Crippen LogP contribution is 2.32. The van der Waals surface area contributed by atoms with Crippen molar-refractivity contribution in [2.24, 2.45) is 0 Å². The molecule has 2 aromatic rings. The summed E-state index contributed by atoms with van der Waals surface area (Å²) in [6.07, 6.45) is 1.89. The van der Waals surface area contributed by atoms with E-state index in [0.29, 0.717) is 21.6 Å². The third kappa shape index (κ3) is 2.73. The fourth-order valence-electron chi connectivity index (χ4n) is 2.19. The molecule has 0 bridgehead atoms. The van der Waals surface area contributed by atoms with Crippen LogP contribution in [0.15, 0.2) is 21.5 Å². The van der Waals surface area contributed by atoms with Crippen molar-refractivity contribution in [3.05, 3.63) is 33.2 Å². The van der Waals surface area contributed by atoms with Crippen LogP contribution in [0.3, 0.4) is 0 Å². The number of nitrogens with zero attached hydrogens (tertiary/aromatic N) is 3. The molecule has 0 saturated carbocycles. The highest BCUT2D eigenvalue weighted by molar-refractivity contribution is 7.99. The Bertz CT molecular complexity index is 739. The van der Waals surface area contributed by atoms with Gasteiger partial charge in [-0.05, 0) is 13.8 Å². The van der Waals surface area contributed by atoms with Gasteiger partial charge in [-0.3, -0.25) is 14.2 Å². The van der Waals surface area contributed by atoms with Gasteiger partial charge < -0.3 is 5.32 Å². The summed E-state index contributed by atoms with van der Waals surface area (Å²) in [7, 11) is 0. The van der Waals surface area contributed by atoms with Crippen LogP contribution < -0.4 is 10.9 Å². The molecule has 0 fully saturated rings. The third-order valence-corrected chi connectivity index (χ3v) is 5.21. The van der Waals surface area contributed by atoms with E-state index in [0.717, 1.165) is 5.69 Å². The van der Waals surface area contributed by atoms with Crippen LogP contribution in [0, 0.1) is 13.8 Å². The van der Waals surface area contributed by atoms with Gasteiger partial charge in [0.15, 0.2) is 10.3 Å². The van der Waals surface area contributed by atoms with Crippen molar-refractivity contribution in [3.8, 4) is 0 Å². The summed E-state index contributed by atoms with van der Waals surface area (Å²) in [6.45, 7) is 3.61. The number of nitrogens with one attached hydrogen (secondary N) is 1. The number of aryl methyl sites for hydroxylation is 1. The van der Waals surface area contributed by atoms with Crippen LogP contribution >= 0.6 is 23.1 Å². The predicted octanol–water partition coefficient (Wildman–Crippen LogP) is 1.99. The van der Waals surface area contributed by atoms with E-state index in [1.807, 2.05) is 6.92 Å². The van der Waals surface area contributed by atoms with Crippen LogP contribution in [0.5, 0.6) is 0 Å². The number of rotatable bonds is 3. The van der Waals surface area contributed by atoms with Gasteiger partial charge in [0.05, 0.1) is 6.04 Å². The van der Waals surface area contributed by atoms with Gasteiger partial charge in [-0.15, -0.1) is 11.3 Å². The van der Waals surface area contributed by atoms with E-state index in [2.05, 4.69) is 15.3 Å². The fraction of sp³-hybridized carbons (Fsp3) is 0.385. The number of anilines is 1. The molecule has 1 aliphatic rings. The lowest BCUT2D eigenvalue weighted by atomic mass is 10.2. The standard InChI is InChI=1S/C13H14N4O2S2/c1-7-8(2)15-13-17(11(7)19)9(6-21-13)5-10(18)16-12-14-3-4-20-12/h3-4,9H,5-6H2,1-2H3,(H,14,16,18). The normalized spacial score (nSPS) is 16.8. The SMILES string of the molecule is Cc1nc2n(c(=O)c1C)C(CC(=O)Nc1nccs1)CS2. The minimum absolute atomic E-state index is 0.0467. The van der Waals surface area contributed by atoms with Crippen molar-refractivity contribution in [3.63, 3.8) is 0 Å². The first kappa shape index (κ1) is 14.3. The first-order valence-electron chi connectivity index (χ1n) is 6.48. The minimum atomic E-state index is -0.149. The molecule has 2 aromatic heterocycles. The quantitative estimate of drug-likeness (QED) is 0.875. The molecule has 1 unspecified atom stereocenters. The predicted molar refractivity (Wildman–Crippen MR) is 83.1 cm³/mol. The van der Waals surface area contributed by atoms with Crippen LogP contribution in [0.4, 0.5) is 5.13 Å². The van der Waals surface area contributed by atoms with Crippen LogP contribution in [0.2, 0.25) is 0 Å². The Balaban J connectivity index is 1.80. The lowest BCUT2D eigenvalue weighted by Crippen LogP contribution is -2.29. The Morgan fingerprint density at radius 3 is 3.05 bits per heavy atom. The summed E-state index contributed by atoms with van der Waals surface area (Å²) < 4.78 is 1.65. The molecule has 6 nitrogen and oxygen atoms in total. The average molecular weight is 322 g/mol. The first-order valence-corrected chi connectivity index (χ1v) is 8.34. The van der Waals surface area contributed by atoms with Gasteiger partial charge in [-0.25, -0.2) is 9.97 Å². The molecule has 3 heterocycles. The maximum Gasteiger partial charge on any atom is 0.257 e. The van der Waals surface area contributed by atoms with E-state index >= 15 is 0 Å². The molecule has 0 aliphatic carbocycles. The van der Waals surface area contributed by atoms with Gasteiger partial charge >= 0.3 is 0 Å². The Hall–Kier alpha value is -1.67. The zero-order valence-corrected chi connectivity index (χ0v) is 13.3. The van der Waals surface area contributed by atoms with E-state index in [4.69, 9.17) is 0 Å². The maximum absolute atomic E-state index is 12.4. The van der Waals surface area contributed by atoms with E-state index in [1.54, 1.807) is 23.1 Å². The number of amides is 1. The molecular formula is C13H14N4O2S2. The number of carbonyl (C=O) groups is 1. The largest absolute Gasteiger partial charge is 0.302 e. The van der Waals surface area contributed by atoms with Crippen LogP contribution in [0.25, 0.3) is 0 Å². The fourth-order valence-corrected chi connectivity index (χ4v) is 3.92. The molecule has 110 valence electrons. The van der Waals surface area contributed by atoms with Gasteiger partial charge in [-0.2, -0.15) is 0 Å². The van der Waals surface area contributed by atoms with E-state index in [-0.39, 0.29) is 23.9 Å². The lowest BCUT2D eigenvalue weighted by molar-refractivity contribution is -0.116. The maximum atomic E-state index is 12.4. The highest BCUT2D eigenvalue weighted by Gasteiger charge is 2.28. The van der Waals surface area contributed by atoms with Gasteiger partial charge in [0.25, 0.3) is 5.56 Å². The van der Waals surface area contributed by atoms with Gasteiger partial charge in [-0.1, -0.05) is 11.8 Å². The third-order valence-electron chi connectivity index (χ3n) is 3.42. The van der Waals surface area contributed by atoms with E-state index in [9.17, 15) is 9.59 Å². The molecular weight excluding hydrogens is 308 g/mol. The van der Waals surface area contributed by atoms with E-state index in [1.165, 1.54) is 23.1 Å². The number of aromatic nitrogens is 3. The minimum Gasteiger partial charge on any atom is -0.302 e. The second-order valence-corrected chi connectivity index (χ2v) is 6.72.